The number of hydrogen-bond donors (Lipinski definition) is 6. The van der Waals surface area contributed by atoms with Gasteiger partial charge in [0.1, 0.15) is 29.6 Å². The predicted molar refractivity (Wildman–Crippen MR) is 531 cm³/mol. The first kappa shape index (κ1) is 99.2. The Kier molecular flexibility index (Phi) is 36.8. The molecular weight excluding hydrogens is 1780 g/mol. The lowest BCUT2D eigenvalue weighted by Gasteiger charge is -2.42. The first-order chi connectivity index (χ1) is 66.0. The first-order valence-electron chi connectivity index (χ1n) is 51.2. The highest BCUT2D eigenvalue weighted by Gasteiger charge is 2.46. The summed E-state index contributed by atoms with van der Waals surface area (Å²) in [6, 6.07) is 28.3. The molecule has 135 heavy (non-hydrogen) atoms. The van der Waals surface area contributed by atoms with Gasteiger partial charge in [0.2, 0.25) is 29.5 Å². The molecule has 0 radical (unpaired) electrons. The normalized spacial score (nSPS) is 21.5. The molecule has 6 saturated carbocycles. The van der Waals surface area contributed by atoms with Gasteiger partial charge < -0.3 is 75.5 Å². The molecule has 6 N–H and O–H groups in total. The quantitative estimate of drug-likeness (QED) is 0.0266. The van der Waals surface area contributed by atoms with Crippen molar-refractivity contribution in [2.45, 2.75) is 331 Å². The lowest BCUT2D eigenvalue weighted by molar-refractivity contribution is -0.145. The first-order valence-corrected chi connectivity index (χ1v) is 54.2. The molecule has 3 saturated heterocycles. The van der Waals surface area contributed by atoms with Gasteiger partial charge in [-0.3, -0.25) is 33.8 Å². The number of amides is 8. The van der Waals surface area contributed by atoms with Gasteiger partial charge >= 0.3 is 18.3 Å². The number of rotatable bonds is 28. The average Bonchev–Trinajstić information content (AvgIpc) is 1.60. The van der Waals surface area contributed by atoms with Gasteiger partial charge in [-0.25, -0.2) is 14.4 Å². The van der Waals surface area contributed by atoms with E-state index in [-0.39, 0.29) is 91.8 Å². The Morgan fingerprint density at radius 3 is 1.30 bits per heavy atom. The van der Waals surface area contributed by atoms with Crippen LogP contribution in [-0.2, 0) is 74.2 Å². The summed E-state index contributed by atoms with van der Waals surface area (Å²) in [5.74, 6) is 2.40. The van der Waals surface area contributed by atoms with E-state index < -0.39 is 36.4 Å². The molecule has 4 aliphatic heterocycles. The summed E-state index contributed by atoms with van der Waals surface area (Å²) in [6.07, 6.45) is 45.5. The van der Waals surface area contributed by atoms with Crippen LogP contribution >= 0.6 is 45.6 Å². The van der Waals surface area contributed by atoms with Gasteiger partial charge in [-0.15, -0.1) is 34.0 Å². The number of ketones is 1. The zero-order chi connectivity index (χ0) is 93.2. The van der Waals surface area contributed by atoms with Crippen molar-refractivity contribution in [3.05, 3.63) is 162 Å². The zero-order valence-electron chi connectivity index (χ0n) is 78.9. The van der Waals surface area contributed by atoms with Crippen LogP contribution < -0.4 is 46.1 Å². The fraction of sp³-hybridized carbons (Fsp3) is 0.604. The topological polar surface area (TPSA) is 286 Å². The SMILES string of the molecule is O=C(CCc1cc2cnccc2s1)[C@@H]1CN(C(=O)Oc2ccccc2Cl)CCN1C(=O)[C@@H](CC1CCCCC1)NC1CCCCC1.O=C(NCc1cccs1)[C@@H]1CN(C(=O)Oc2ccc3c(c2)CCCC3)CCN1C(=O)[C@@H](CC1CCCCC1)NC1CCCCC1.O=C(NCc1cccs1)[C@@H]1CN(C(=O)Oc2ccc3c(c2)CNC3)CCN1C(=O)[C@@H](CC1CCCCC1)NC1CCCCC1. The van der Waals surface area contributed by atoms with E-state index in [0.29, 0.717) is 105 Å². The predicted octanol–water partition coefficient (Wildman–Crippen LogP) is 18.6. The number of hydrogen-bond acceptors (Lipinski definition) is 20. The lowest BCUT2D eigenvalue weighted by atomic mass is 9.83. The number of para-hydroxylation sites is 1. The van der Waals surface area contributed by atoms with Crippen LogP contribution in [0.3, 0.4) is 0 Å². The highest BCUT2D eigenvalue weighted by atomic mass is 35.5. The number of aromatic nitrogens is 1. The molecule has 728 valence electrons. The minimum Gasteiger partial charge on any atom is -0.410 e. The van der Waals surface area contributed by atoms with Crippen molar-refractivity contribution in [2.75, 3.05) is 58.9 Å². The molecule has 8 heterocycles. The van der Waals surface area contributed by atoms with Crippen LogP contribution in [0.5, 0.6) is 17.2 Å². The maximum atomic E-state index is 14.5. The largest absolute Gasteiger partial charge is 0.415 e. The summed E-state index contributed by atoms with van der Waals surface area (Å²) in [4.78, 5) is 143. The van der Waals surface area contributed by atoms with Crippen LogP contribution in [0, 0.1) is 17.8 Å². The van der Waals surface area contributed by atoms with E-state index in [9.17, 15) is 43.2 Å². The van der Waals surface area contributed by atoms with E-state index in [4.69, 9.17) is 25.8 Å². The Morgan fingerprint density at radius 1 is 0.422 bits per heavy atom. The molecule has 7 aromatic rings. The number of fused-ring (bicyclic) bond motifs is 3. The number of Topliss-reactive ketones (excluding diaryl/α,β-unsaturated/α-hetero) is 1. The third-order valence-electron chi connectivity index (χ3n) is 30.2. The standard InChI is InChI=1S/C36H45ClN4O4S.C36H50N4O4S.C34H47N5O4S/c37-29-13-7-8-14-33(29)45-36(44)40-19-20-41(31(24-40)32(42)16-15-28-22-26-23-38-18-17-34(26)46-28)35(43)30(21-25-9-3-1-4-10-25)39-27-11-5-2-6-12-27;41-34(37-24-31-16-9-21-45-31)33-25-39(36(43)44-30-18-17-27-12-7-8-13-28(27)23-30)19-20-40(33)35(42)32(22-26-10-3-1-4-11-26)38-29-14-5-2-6-15-29;40-32(36-22-29-12-7-17-44-29)31-23-38(34(42)43-28-14-13-25-20-35-21-26(25)19-28)15-16-39(31)33(41)30(18-24-8-3-1-4-9-24)37-27-10-5-2-6-11-27/h7-8,13-14,17-18,22-23,25,27,30-31,39H,1-6,9-12,15-16,19-21,24H2;9,16-18,21,23,26,29,32-33,38H,1-8,10-15,19-20,22,24-25H2,(H,37,41);7,12-14,17,19,24,27,30-31,35,37H,1-6,8-11,15-16,18,20-23H2,(H,36,40)/t30-,31+;32-,33+;30-,31+/m111/s1. The molecule has 0 unspecified atom stereocenters. The molecule has 0 bridgehead atoms. The van der Waals surface area contributed by atoms with Crippen LogP contribution in [0.25, 0.3) is 10.1 Å². The fourth-order valence-electron chi connectivity index (χ4n) is 22.6. The van der Waals surface area contributed by atoms with Crippen molar-refractivity contribution in [3.63, 3.8) is 0 Å². The molecule has 25 nitrogen and oxygen atoms in total. The van der Waals surface area contributed by atoms with Gasteiger partial charge in [0.05, 0.1) is 55.9 Å². The summed E-state index contributed by atoms with van der Waals surface area (Å²) in [7, 11) is 0. The van der Waals surface area contributed by atoms with E-state index in [0.717, 1.165) is 133 Å². The smallest absolute Gasteiger partial charge is 0.410 e. The Morgan fingerprint density at radius 2 is 0.844 bits per heavy atom. The van der Waals surface area contributed by atoms with Crippen LogP contribution in [-0.4, -0.2) is 201 Å². The van der Waals surface area contributed by atoms with Gasteiger partial charge in [0, 0.05) is 114 Å². The van der Waals surface area contributed by atoms with Gasteiger partial charge in [-0.2, -0.15) is 0 Å². The Balaban J connectivity index is 0.000000147. The minimum atomic E-state index is -0.782. The highest BCUT2D eigenvalue weighted by molar-refractivity contribution is 7.19. The van der Waals surface area contributed by atoms with Crippen molar-refractivity contribution < 1.29 is 57.4 Å². The van der Waals surface area contributed by atoms with E-state index in [1.54, 1.807) is 93.9 Å². The molecule has 18 rings (SSSR count). The Labute approximate surface area is 814 Å². The molecule has 4 aromatic heterocycles. The van der Waals surface area contributed by atoms with Crippen molar-refractivity contribution >= 4 is 109 Å². The lowest BCUT2D eigenvalue weighted by Crippen LogP contribution is -2.64. The van der Waals surface area contributed by atoms with Gasteiger partial charge in [0.15, 0.2) is 11.5 Å². The third-order valence-corrected chi connectivity index (χ3v) is 33.5. The highest BCUT2D eigenvalue weighted by Crippen LogP contribution is 2.37. The summed E-state index contributed by atoms with van der Waals surface area (Å²) in [5, 5.41) is 26.1. The number of piperazine rings is 3. The zero-order valence-corrected chi connectivity index (χ0v) is 82.1. The Bertz CT molecular complexity index is 4950. The van der Waals surface area contributed by atoms with E-state index in [1.807, 2.05) is 77.6 Å². The second-order valence-electron chi connectivity index (χ2n) is 39.8. The average molecular weight is 1920 g/mol. The van der Waals surface area contributed by atoms with Crippen molar-refractivity contribution in [2.24, 2.45) is 17.8 Å². The monoisotopic (exact) mass is 1920 g/mol. The fourth-order valence-corrected chi connectivity index (χ4v) is 25.1. The van der Waals surface area contributed by atoms with Crippen LogP contribution in [0.4, 0.5) is 14.4 Å². The van der Waals surface area contributed by atoms with E-state index >= 15 is 0 Å². The molecule has 3 aromatic carbocycles. The van der Waals surface area contributed by atoms with Crippen LogP contribution in [0.1, 0.15) is 268 Å². The maximum Gasteiger partial charge on any atom is 0.415 e. The van der Waals surface area contributed by atoms with E-state index in [2.05, 4.69) is 49.0 Å². The molecule has 0 spiro atoms. The number of thiophene rings is 3. The maximum absolute atomic E-state index is 14.5. The van der Waals surface area contributed by atoms with Crippen molar-refractivity contribution in [3.8, 4) is 17.2 Å². The minimum absolute atomic E-state index is 0.00144. The Hall–Kier alpha value is -8.87. The number of carbonyl (C=O) groups is 9. The van der Waals surface area contributed by atoms with Gasteiger partial charge in [-0.1, -0.05) is 202 Å². The van der Waals surface area contributed by atoms with Crippen LogP contribution in [0.2, 0.25) is 5.02 Å². The number of nitrogens with zero attached hydrogens (tertiary/aromatic N) is 7. The molecule has 29 heteroatoms. The summed E-state index contributed by atoms with van der Waals surface area (Å²) < 4.78 is 18.4. The van der Waals surface area contributed by atoms with Gasteiger partial charge in [0.25, 0.3) is 0 Å². The molecule has 7 aliphatic carbocycles. The number of nitrogens with one attached hydrogen (secondary N) is 6. The van der Waals surface area contributed by atoms with Crippen LogP contribution in [0.15, 0.2) is 120 Å². The summed E-state index contributed by atoms with van der Waals surface area (Å²) in [6.45, 7) is 4.54. The number of pyridine rings is 1. The van der Waals surface area contributed by atoms with Gasteiger partial charge in [-0.05, 0) is 201 Å². The number of carbonyl (C=O) groups excluding carboxylic acids is 9. The summed E-state index contributed by atoms with van der Waals surface area (Å²) >= 11 is 11.1. The second-order valence-corrected chi connectivity index (χ2v) is 43.4. The van der Waals surface area contributed by atoms with Crippen molar-refractivity contribution in [1.29, 1.82) is 0 Å². The number of ether oxygens (including phenoxy) is 3. The molecular formula is C106H142ClN13O12S3. The molecule has 6 atom stereocenters. The second kappa shape index (κ2) is 50.1. The number of halogens is 1. The molecule has 8 amide bonds. The number of benzene rings is 3. The summed E-state index contributed by atoms with van der Waals surface area (Å²) in [5.41, 5.74) is 4.93. The molecule has 9 fully saturated rings. The number of aryl methyl sites for hydroxylation is 3. The van der Waals surface area contributed by atoms with Crippen molar-refractivity contribution in [1.82, 2.24) is 66.3 Å². The molecule has 11 aliphatic rings. The third kappa shape index (κ3) is 28.0. The van der Waals surface area contributed by atoms with E-state index in [1.165, 1.54) is 164 Å².